The SMILES string of the molecule is CC(C)COC(=O)/C(C#N)=C\C=C\c1ccccc1. The van der Waals surface area contributed by atoms with E-state index >= 15 is 0 Å². The van der Waals surface area contributed by atoms with Crippen molar-refractivity contribution < 1.29 is 9.53 Å². The van der Waals surface area contributed by atoms with E-state index < -0.39 is 5.97 Å². The summed E-state index contributed by atoms with van der Waals surface area (Å²) in [7, 11) is 0. The summed E-state index contributed by atoms with van der Waals surface area (Å²) in [4.78, 5) is 11.6. The third-order valence-electron chi connectivity index (χ3n) is 2.24. The van der Waals surface area contributed by atoms with Crippen LogP contribution in [0.4, 0.5) is 0 Å². The molecule has 0 spiro atoms. The molecule has 0 aliphatic heterocycles. The average Bonchev–Trinajstić information content (AvgIpc) is 2.42. The molecule has 0 saturated carbocycles. The summed E-state index contributed by atoms with van der Waals surface area (Å²) >= 11 is 0. The van der Waals surface area contributed by atoms with Gasteiger partial charge in [0, 0.05) is 0 Å². The normalized spacial score (nSPS) is 11.6. The van der Waals surface area contributed by atoms with E-state index in [9.17, 15) is 4.79 Å². The van der Waals surface area contributed by atoms with Crippen molar-refractivity contribution in [3.8, 4) is 6.07 Å². The van der Waals surface area contributed by atoms with Crippen molar-refractivity contribution in [1.29, 1.82) is 5.26 Å². The highest BCUT2D eigenvalue weighted by molar-refractivity contribution is 5.93. The Balaban J connectivity index is 2.65. The number of hydrogen-bond acceptors (Lipinski definition) is 3. The summed E-state index contributed by atoms with van der Waals surface area (Å²) in [6.07, 6.45) is 4.97. The van der Waals surface area contributed by atoms with Crippen molar-refractivity contribution >= 4 is 12.0 Å². The predicted molar refractivity (Wildman–Crippen MR) is 75.0 cm³/mol. The van der Waals surface area contributed by atoms with Gasteiger partial charge in [-0.2, -0.15) is 5.26 Å². The Kier molecular flexibility index (Phi) is 6.11. The minimum Gasteiger partial charge on any atom is -0.461 e. The number of benzene rings is 1. The number of hydrogen-bond donors (Lipinski definition) is 0. The molecule has 3 nitrogen and oxygen atoms in total. The number of ether oxygens (including phenoxy) is 1. The van der Waals surface area contributed by atoms with E-state index in [0.717, 1.165) is 5.56 Å². The van der Waals surface area contributed by atoms with E-state index in [1.807, 2.05) is 56.3 Å². The van der Waals surface area contributed by atoms with Gasteiger partial charge in [-0.1, -0.05) is 56.3 Å². The molecule has 0 aliphatic rings. The highest BCUT2D eigenvalue weighted by Crippen LogP contribution is 2.04. The first-order valence-electron chi connectivity index (χ1n) is 6.14. The van der Waals surface area contributed by atoms with Crippen LogP contribution in [-0.4, -0.2) is 12.6 Å². The number of esters is 1. The number of rotatable bonds is 5. The Morgan fingerprint density at radius 1 is 1.37 bits per heavy atom. The molecule has 1 rings (SSSR count). The van der Waals surface area contributed by atoms with Gasteiger partial charge in [0.25, 0.3) is 0 Å². The van der Waals surface area contributed by atoms with E-state index in [1.165, 1.54) is 6.08 Å². The Labute approximate surface area is 113 Å². The smallest absolute Gasteiger partial charge is 0.348 e. The first-order valence-corrected chi connectivity index (χ1v) is 6.14. The third-order valence-corrected chi connectivity index (χ3v) is 2.24. The van der Waals surface area contributed by atoms with Gasteiger partial charge in [-0.15, -0.1) is 0 Å². The number of nitrogens with zero attached hydrogens (tertiary/aromatic N) is 1. The Hall–Kier alpha value is -2.34. The molecule has 0 unspecified atom stereocenters. The molecule has 0 N–H and O–H groups in total. The van der Waals surface area contributed by atoms with E-state index in [2.05, 4.69) is 0 Å². The van der Waals surface area contributed by atoms with Gasteiger partial charge in [0.05, 0.1) is 6.61 Å². The molecule has 0 amide bonds. The van der Waals surface area contributed by atoms with Gasteiger partial charge in [-0.25, -0.2) is 4.79 Å². The molecule has 0 fully saturated rings. The minimum atomic E-state index is -0.575. The van der Waals surface area contributed by atoms with Crippen molar-refractivity contribution in [3.05, 3.63) is 53.6 Å². The Morgan fingerprint density at radius 3 is 2.63 bits per heavy atom. The standard InChI is InChI=1S/C16H17NO2/c1-13(2)12-19-16(18)15(11-17)10-6-9-14-7-4-3-5-8-14/h3-10,13H,12H2,1-2H3/b9-6+,15-10-. The van der Waals surface area contributed by atoms with Crippen LogP contribution in [-0.2, 0) is 9.53 Å². The fourth-order valence-corrected chi connectivity index (χ4v) is 1.29. The summed E-state index contributed by atoms with van der Waals surface area (Å²) < 4.78 is 5.00. The van der Waals surface area contributed by atoms with Gasteiger partial charge in [0.1, 0.15) is 11.6 Å². The van der Waals surface area contributed by atoms with Crippen LogP contribution >= 0.6 is 0 Å². The number of allylic oxidation sites excluding steroid dienone is 2. The fourth-order valence-electron chi connectivity index (χ4n) is 1.29. The maximum atomic E-state index is 11.6. The van der Waals surface area contributed by atoms with Crippen molar-refractivity contribution in [2.75, 3.05) is 6.61 Å². The summed E-state index contributed by atoms with van der Waals surface area (Å²) in [5, 5.41) is 8.91. The van der Waals surface area contributed by atoms with Crippen molar-refractivity contribution in [1.82, 2.24) is 0 Å². The summed E-state index contributed by atoms with van der Waals surface area (Å²) in [5.41, 5.74) is 1.01. The van der Waals surface area contributed by atoms with Crippen LogP contribution in [0.25, 0.3) is 6.08 Å². The largest absolute Gasteiger partial charge is 0.461 e. The Morgan fingerprint density at radius 2 is 2.05 bits per heavy atom. The van der Waals surface area contributed by atoms with Gasteiger partial charge in [-0.05, 0) is 17.6 Å². The highest BCUT2D eigenvalue weighted by atomic mass is 16.5. The topological polar surface area (TPSA) is 50.1 Å². The van der Waals surface area contributed by atoms with Crippen LogP contribution in [0.15, 0.2) is 48.1 Å². The molecule has 1 aromatic rings. The molecule has 0 heterocycles. The lowest BCUT2D eigenvalue weighted by atomic mass is 10.2. The van der Waals surface area contributed by atoms with Gasteiger partial charge in [0.2, 0.25) is 0 Å². The predicted octanol–water partition coefficient (Wildman–Crippen LogP) is 3.35. The van der Waals surface area contributed by atoms with Crippen molar-refractivity contribution in [3.63, 3.8) is 0 Å². The second kappa shape index (κ2) is 7.88. The number of carbonyl (C=O) groups is 1. The molecule has 0 saturated heterocycles. The Bertz CT molecular complexity index is 507. The zero-order valence-electron chi connectivity index (χ0n) is 11.2. The highest BCUT2D eigenvalue weighted by Gasteiger charge is 2.09. The molecule has 0 radical (unpaired) electrons. The lowest BCUT2D eigenvalue weighted by molar-refractivity contribution is -0.139. The summed E-state index contributed by atoms with van der Waals surface area (Å²) in [6.45, 7) is 4.21. The van der Waals surface area contributed by atoms with Crippen LogP contribution in [0.2, 0.25) is 0 Å². The molecule has 0 bridgehead atoms. The lowest BCUT2D eigenvalue weighted by Gasteiger charge is -2.05. The molecular formula is C16H17NO2. The van der Waals surface area contributed by atoms with Gasteiger partial charge in [-0.3, -0.25) is 0 Å². The molecule has 19 heavy (non-hydrogen) atoms. The fraction of sp³-hybridized carbons (Fsp3) is 0.250. The van der Waals surface area contributed by atoms with E-state index in [4.69, 9.17) is 10.00 Å². The molecule has 98 valence electrons. The first-order chi connectivity index (χ1) is 9.13. The van der Waals surface area contributed by atoms with Crippen LogP contribution in [0.3, 0.4) is 0 Å². The van der Waals surface area contributed by atoms with Gasteiger partial charge >= 0.3 is 5.97 Å². The molecule has 3 heteroatoms. The monoisotopic (exact) mass is 255 g/mol. The van der Waals surface area contributed by atoms with Crippen molar-refractivity contribution in [2.45, 2.75) is 13.8 Å². The van der Waals surface area contributed by atoms with Crippen molar-refractivity contribution in [2.24, 2.45) is 5.92 Å². The molecular weight excluding hydrogens is 238 g/mol. The van der Waals surface area contributed by atoms with Gasteiger partial charge < -0.3 is 4.74 Å². The summed E-state index contributed by atoms with van der Waals surface area (Å²) in [5.74, 6) is -0.322. The zero-order valence-corrected chi connectivity index (χ0v) is 11.2. The lowest BCUT2D eigenvalue weighted by Crippen LogP contribution is -2.11. The van der Waals surface area contributed by atoms with E-state index in [0.29, 0.717) is 6.61 Å². The quantitative estimate of drug-likeness (QED) is 0.351. The second-order valence-corrected chi connectivity index (χ2v) is 4.45. The zero-order chi connectivity index (χ0) is 14.1. The van der Waals surface area contributed by atoms with Crippen LogP contribution in [0.1, 0.15) is 19.4 Å². The first kappa shape index (κ1) is 14.7. The van der Waals surface area contributed by atoms with E-state index in [1.54, 1.807) is 6.08 Å². The maximum Gasteiger partial charge on any atom is 0.348 e. The number of carbonyl (C=O) groups excluding carboxylic acids is 1. The maximum absolute atomic E-state index is 11.6. The average molecular weight is 255 g/mol. The third kappa shape index (κ3) is 5.69. The van der Waals surface area contributed by atoms with E-state index in [-0.39, 0.29) is 11.5 Å². The molecule has 1 aromatic carbocycles. The van der Waals surface area contributed by atoms with Crippen LogP contribution in [0, 0.1) is 17.2 Å². The van der Waals surface area contributed by atoms with Crippen LogP contribution in [0.5, 0.6) is 0 Å². The number of nitriles is 1. The molecule has 0 atom stereocenters. The molecule has 0 aliphatic carbocycles. The minimum absolute atomic E-state index is 0.00725. The second-order valence-electron chi connectivity index (χ2n) is 4.45. The van der Waals surface area contributed by atoms with Gasteiger partial charge in [0.15, 0.2) is 0 Å². The van der Waals surface area contributed by atoms with Crippen LogP contribution < -0.4 is 0 Å². The summed E-state index contributed by atoms with van der Waals surface area (Å²) in [6, 6.07) is 11.5. The molecule has 0 aromatic heterocycles.